The Bertz CT molecular complexity index is 1250. The average Bonchev–Trinajstić information content (AvgIpc) is 3.38. The largest absolute Gasteiger partial charge is 0.508 e. The zero-order chi connectivity index (χ0) is 21.2. The van der Waals surface area contributed by atoms with Crippen molar-refractivity contribution in [2.24, 2.45) is 0 Å². The summed E-state index contributed by atoms with van der Waals surface area (Å²) in [6.07, 6.45) is 0.606. The van der Waals surface area contributed by atoms with Crippen molar-refractivity contribution < 1.29 is 19.8 Å². The topological polar surface area (TPSA) is 86.6 Å². The van der Waals surface area contributed by atoms with Gasteiger partial charge in [-0.05, 0) is 65.9 Å². The predicted molar refractivity (Wildman–Crippen MR) is 114 cm³/mol. The molecule has 5 rings (SSSR count). The van der Waals surface area contributed by atoms with Gasteiger partial charge in [0.05, 0.1) is 16.0 Å². The van der Waals surface area contributed by atoms with Crippen molar-refractivity contribution in [1.29, 1.82) is 0 Å². The minimum atomic E-state index is -0.974. The van der Waals surface area contributed by atoms with E-state index in [1.54, 1.807) is 43.3 Å². The highest BCUT2D eigenvalue weighted by molar-refractivity contribution is 6.34. The lowest BCUT2D eigenvalue weighted by Crippen LogP contribution is -2.21. The Kier molecular flexibility index (Phi) is 3.95. The zero-order valence-corrected chi connectivity index (χ0v) is 16.8. The molecule has 0 saturated heterocycles. The number of nitrogens with one attached hydrogen (secondary N) is 1. The number of hydrogen-bond donors (Lipinski definition) is 3. The first-order valence-electron chi connectivity index (χ1n) is 9.60. The Morgan fingerprint density at radius 1 is 1.17 bits per heavy atom. The first-order valence-corrected chi connectivity index (χ1v) is 9.98. The van der Waals surface area contributed by atoms with Crippen LogP contribution in [0, 0.1) is 6.92 Å². The molecule has 3 aromatic carbocycles. The summed E-state index contributed by atoms with van der Waals surface area (Å²) in [5.74, 6) is -1.03. The van der Waals surface area contributed by atoms with Gasteiger partial charge in [-0.2, -0.15) is 0 Å². The highest BCUT2D eigenvalue weighted by Gasteiger charge is 2.65. The number of phenolic OH excluding ortho intramolecular Hbond substituents is 1. The molecule has 0 bridgehead atoms. The molecule has 1 heterocycles. The molecule has 1 fully saturated rings. The molecule has 1 spiro atoms. The molecule has 3 aromatic rings. The number of aromatic hydroxyl groups is 1. The average molecular weight is 420 g/mol. The van der Waals surface area contributed by atoms with Crippen LogP contribution in [-0.2, 0) is 10.2 Å². The maximum absolute atomic E-state index is 13.0. The van der Waals surface area contributed by atoms with Gasteiger partial charge in [0.25, 0.3) is 0 Å². The fraction of sp³-hybridized carbons (Fsp3) is 0.167. The van der Waals surface area contributed by atoms with Crippen LogP contribution in [-0.4, -0.2) is 22.1 Å². The molecule has 1 aliphatic heterocycles. The Morgan fingerprint density at radius 3 is 2.70 bits per heavy atom. The number of amides is 1. The first-order chi connectivity index (χ1) is 14.3. The van der Waals surface area contributed by atoms with Gasteiger partial charge < -0.3 is 15.5 Å². The predicted octanol–water partition coefficient (Wildman–Crippen LogP) is 5.10. The number of carbonyl (C=O) groups excluding carboxylic acids is 1. The van der Waals surface area contributed by atoms with E-state index in [-0.39, 0.29) is 23.1 Å². The number of hydrogen-bond acceptors (Lipinski definition) is 3. The van der Waals surface area contributed by atoms with Crippen LogP contribution in [0.25, 0.3) is 11.1 Å². The van der Waals surface area contributed by atoms with E-state index in [0.29, 0.717) is 22.7 Å². The standard InChI is InChI=1S/C24H18ClNO4/c1-12-5-6-14(8-16(12)22(28)29)19-11-24(19)18-9-17(13-3-2-4-15(27)7-13)20(25)10-21(18)26-23(24)30/h2-10,19,27H,11H2,1H3,(H,26,30)(H,28,29). The van der Waals surface area contributed by atoms with Gasteiger partial charge in [-0.1, -0.05) is 35.9 Å². The summed E-state index contributed by atoms with van der Waals surface area (Å²) >= 11 is 6.48. The molecule has 30 heavy (non-hydrogen) atoms. The molecule has 1 amide bonds. The number of aryl methyl sites for hydroxylation is 1. The van der Waals surface area contributed by atoms with Crippen molar-refractivity contribution in [3.63, 3.8) is 0 Å². The molecular formula is C24H18ClNO4. The molecule has 150 valence electrons. The van der Waals surface area contributed by atoms with Gasteiger partial charge >= 0.3 is 5.97 Å². The van der Waals surface area contributed by atoms with Crippen LogP contribution in [0.1, 0.15) is 39.4 Å². The smallest absolute Gasteiger partial charge is 0.335 e. The molecule has 3 N–H and O–H groups in total. The second kappa shape index (κ2) is 6.34. The number of anilines is 1. The number of fused-ring (bicyclic) bond motifs is 2. The van der Waals surface area contributed by atoms with E-state index in [2.05, 4.69) is 5.32 Å². The molecule has 2 unspecified atom stereocenters. The first kappa shape index (κ1) is 18.7. The van der Waals surface area contributed by atoms with Crippen LogP contribution in [0.4, 0.5) is 5.69 Å². The van der Waals surface area contributed by atoms with Gasteiger partial charge in [-0.25, -0.2) is 4.79 Å². The molecule has 1 saturated carbocycles. The van der Waals surface area contributed by atoms with Crippen molar-refractivity contribution in [2.45, 2.75) is 24.7 Å². The third-order valence-electron chi connectivity index (χ3n) is 6.25. The molecule has 5 nitrogen and oxygen atoms in total. The Morgan fingerprint density at radius 2 is 1.97 bits per heavy atom. The maximum Gasteiger partial charge on any atom is 0.335 e. The Balaban J connectivity index is 1.61. The van der Waals surface area contributed by atoms with Crippen LogP contribution >= 0.6 is 11.6 Å². The van der Waals surface area contributed by atoms with Crippen LogP contribution in [0.5, 0.6) is 5.75 Å². The summed E-state index contributed by atoms with van der Waals surface area (Å²) in [4.78, 5) is 24.5. The minimum absolute atomic E-state index is 0.0934. The highest BCUT2D eigenvalue weighted by Crippen LogP contribution is 2.65. The summed E-state index contributed by atoms with van der Waals surface area (Å²) < 4.78 is 0. The van der Waals surface area contributed by atoms with E-state index in [4.69, 9.17) is 11.6 Å². The number of carboxylic acid groups (broad SMARTS) is 1. The number of carbonyl (C=O) groups is 2. The number of halogens is 1. The van der Waals surface area contributed by atoms with Gasteiger partial charge in [0.15, 0.2) is 0 Å². The summed E-state index contributed by atoms with van der Waals surface area (Å²) in [7, 11) is 0. The SMILES string of the molecule is Cc1ccc(C2CC23C(=O)Nc2cc(Cl)c(-c4cccc(O)c4)cc23)cc1C(=O)O. The third-order valence-corrected chi connectivity index (χ3v) is 6.57. The van der Waals surface area contributed by atoms with E-state index in [1.807, 2.05) is 18.2 Å². The minimum Gasteiger partial charge on any atom is -0.508 e. The van der Waals surface area contributed by atoms with Crippen LogP contribution in [0.2, 0.25) is 5.02 Å². The zero-order valence-electron chi connectivity index (χ0n) is 16.1. The van der Waals surface area contributed by atoms with E-state index >= 15 is 0 Å². The molecular weight excluding hydrogens is 402 g/mol. The summed E-state index contributed by atoms with van der Waals surface area (Å²) in [5.41, 5.74) is 4.10. The lowest BCUT2D eigenvalue weighted by Gasteiger charge is -2.13. The molecule has 2 aliphatic rings. The molecule has 1 aliphatic carbocycles. The second-order valence-electron chi connectivity index (χ2n) is 7.99. The quantitative estimate of drug-likeness (QED) is 0.551. The highest BCUT2D eigenvalue weighted by atomic mass is 35.5. The summed E-state index contributed by atoms with van der Waals surface area (Å²) in [6, 6.07) is 15.8. The van der Waals surface area contributed by atoms with E-state index < -0.39 is 11.4 Å². The van der Waals surface area contributed by atoms with E-state index in [9.17, 15) is 19.8 Å². The normalized spacial score (nSPS) is 21.4. The van der Waals surface area contributed by atoms with Crippen molar-refractivity contribution in [1.82, 2.24) is 0 Å². The second-order valence-corrected chi connectivity index (χ2v) is 8.40. The number of phenols is 1. The lowest BCUT2D eigenvalue weighted by atomic mass is 9.89. The fourth-order valence-electron chi connectivity index (χ4n) is 4.60. The number of carboxylic acids is 1. The van der Waals surface area contributed by atoms with Crippen molar-refractivity contribution in [2.75, 3.05) is 5.32 Å². The summed E-state index contributed by atoms with van der Waals surface area (Å²) in [5, 5.41) is 22.7. The fourth-order valence-corrected chi connectivity index (χ4v) is 4.87. The lowest BCUT2D eigenvalue weighted by molar-refractivity contribution is -0.118. The van der Waals surface area contributed by atoms with Crippen LogP contribution in [0.3, 0.4) is 0 Å². The molecule has 6 heteroatoms. The number of aromatic carboxylic acids is 1. The van der Waals surface area contributed by atoms with Gasteiger partial charge in [0.1, 0.15) is 5.75 Å². The Labute approximate surface area is 177 Å². The third kappa shape index (κ3) is 2.62. The van der Waals surface area contributed by atoms with Gasteiger partial charge in [0.2, 0.25) is 5.91 Å². The Hall–Kier alpha value is -3.31. The number of rotatable bonds is 3. The number of benzene rings is 3. The van der Waals surface area contributed by atoms with Gasteiger partial charge in [-0.15, -0.1) is 0 Å². The van der Waals surface area contributed by atoms with Crippen molar-refractivity contribution >= 4 is 29.2 Å². The molecule has 0 radical (unpaired) electrons. The van der Waals surface area contributed by atoms with Crippen LogP contribution < -0.4 is 5.32 Å². The maximum atomic E-state index is 13.0. The monoisotopic (exact) mass is 419 g/mol. The summed E-state index contributed by atoms with van der Waals surface area (Å²) in [6.45, 7) is 1.76. The molecule has 2 atom stereocenters. The molecule has 0 aromatic heterocycles. The van der Waals surface area contributed by atoms with E-state index in [0.717, 1.165) is 22.3 Å². The van der Waals surface area contributed by atoms with Crippen molar-refractivity contribution in [3.8, 4) is 16.9 Å². The van der Waals surface area contributed by atoms with E-state index in [1.165, 1.54) is 0 Å². The van der Waals surface area contributed by atoms with Gasteiger partial charge in [-0.3, -0.25) is 4.79 Å². The van der Waals surface area contributed by atoms with Gasteiger partial charge in [0, 0.05) is 17.2 Å². The van der Waals surface area contributed by atoms with Crippen molar-refractivity contribution in [3.05, 3.63) is 81.9 Å². The van der Waals surface area contributed by atoms with Crippen LogP contribution in [0.15, 0.2) is 54.6 Å².